The Labute approximate surface area is 88.2 Å². The highest BCUT2D eigenvalue weighted by molar-refractivity contribution is 6.99. The van der Waals surface area contributed by atoms with Gasteiger partial charge in [-0.2, -0.15) is 4.37 Å². The monoisotopic (exact) mass is 213 g/mol. The molecular weight excluding hydrogens is 198 g/mol. The average molecular weight is 213 g/mol. The van der Waals surface area contributed by atoms with Crippen molar-refractivity contribution in [2.24, 2.45) is 0 Å². The van der Waals surface area contributed by atoms with Gasteiger partial charge in [0.1, 0.15) is 5.69 Å². The van der Waals surface area contributed by atoms with Crippen molar-refractivity contribution in [3.05, 3.63) is 5.69 Å². The number of likely N-dealkylation sites (tertiary alicyclic amines) is 1. The summed E-state index contributed by atoms with van der Waals surface area (Å²) >= 11 is 1.24. The fourth-order valence-electron chi connectivity index (χ4n) is 1.97. The summed E-state index contributed by atoms with van der Waals surface area (Å²) in [6, 6.07) is 0. The zero-order valence-corrected chi connectivity index (χ0v) is 9.38. The molecule has 1 aromatic rings. The van der Waals surface area contributed by atoms with Crippen LogP contribution < -0.4 is 4.74 Å². The minimum atomic E-state index is 0.502. The van der Waals surface area contributed by atoms with Crippen LogP contribution in [0.15, 0.2) is 0 Å². The molecule has 0 saturated carbocycles. The van der Waals surface area contributed by atoms with Crippen molar-refractivity contribution < 1.29 is 4.74 Å². The van der Waals surface area contributed by atoms with Gasteiger partial charge >= 0.3 is 0 Å². The third-order valence-corrected chi connectivity index (χ3v) is 3.21. The first-order valence-corrected chi connectivity index (χ1v) is 5.59. The van der Waals surface area contributed by atoms with Crippen LogP contribution >= 0.6 is 11.7 Å². The number of methoxy groups -OCH3 is 1. The van der Waals surface area contributed by atoms with Gasteiger partial charge in [-0.1, -0.05) is 0 Å². The van der Waals surface area contributed by atoms with Crippen molar-refractivity contribution in [3.8, 4) is 5.88 Å². The van der Waals surface area contributed by atoms with E-state index in [1.54, 1.807) is 7.11 Å². The number of nitrogens with zero attached hydrogens (tertiary/aromatic N) is 3. The molecule has 1 aliphatic heterocycles. The van der Waals surface area contributed by atoms with Gasteiger partial charge in [-0.25, -0.2) is 0 Å². The molecule has 0 bridgehead atoms. The standard InChI is InChI=1S/C9H15N3OS/c1-12-5-3-4-7(6-12)8-9(13-2)11-14-10-8/h7H,3-6H2,1-2H3. The Kier molecular flexibility index (Phi) is 2.98. The van der Waals surface area contributed by atoms with E-state index < -0.39 is 0 Å². The van der Waals surface area contributed by atoms with Crippen LogP contribution in [0.5, 0.6) is 5.88 Å². The average Bonchev–Trinajstić information content (AvgIpc) is 2.65. The fourth-order valence-corrected chi connectivity index (χ4v) is 2.57. The van der Waals surface area contributed by atoms with Gasteiger partial charge in [0.15, 0.2) is 0 Å². The lowest BCUT2D eigenvalue weighted by Crippen LogP contribution is -2.31. The van der Waals surface area contributed by atoms with E-state index in [4.69, 9.17) is 4.74 Å². The molecule has 1 aromatic heterocycles. The van der Waals surface area contributed by atoms with Crippen LogP contribution in [-0.4, -0.2) is 40.9 Å². The minimum absolute atomic E-state index is 0.502. The number of likely N-dealkylation sites (N-methyl/N-ethyl adjacent to an activating group) is 1. The first kappa shape index (κ1) is 9.86. The molecule has 1 saturated heterocycles. The second kappa shape index (κ2) is 4.23. The Bertz CT molecular complexity index is 302. The van der Waals surface area contributed by atoms with Crippen molar-refractivity contribution in [3.63, 3.8) is 0 Å². The van der Waals surface area contributed by atoms with Crippen molar-refractivity contribution in [1.82, 2.24) is 13.6 Å². The molecule has 0 radical (unpaired) electrons. The third-order valence-electron chi connectivity index (χ3n) is 2.69. The maximum atomic E-state index is 5.19. The van der Waals surface area contributed by atoms with E-state index in [0.717, 1.165) is 18.1 Å². The summed E-state index contributed by atoms with van der Waals surface area (Å²) in [6.45, 7) is 2.26. The molecule has 5 heteroatoms. The first-order chi connectivity index (χ1) is 6.81. The van der Waals surface area contributed by atoms with Crippen molar-refractivity contribution in [2.75, 3.05) is 27.2 Å². The third kappa shape index (κ3) is 1.88. The maximum Gasteiger partial charge on any atom is 0.249 e. The summed E-state index contributed by atoms with van der Waals surface area (Å²) in [6.07, 6.45) is 2.44. The molecular formula is C9H15N3OS. The van der Waals surface area contributed by atoms with Gasteiger partial charge in [-0.15, -0.1) is 4.37 Å². The summed E-state index contributed by atoms with van der Waals surface area (Å²) in [5, 5.41) is 0. The van der Waals surface area contributed by atoms with Gasteiger partial charge < -0.3 is 9.64 Å². The van der Waals surface area contributed by atoms with Crippen molar-refractivity contribution >= 4 is 11.7 Å². The van der Waals surface area contributed by atoms with Crippen molar-refractivity contribution in [2.45, 2.75) is 18.8 Å². The first-order valence-electron chi connectivity index (χ1n) is 4.86. The zero-order valence-electron chi connectivity index (χ0n) is 8.56. The minimum Gasteiger partial charge on any atom is -0.479 e. The molecule has 2 rings (SSSR count). The highest BCUT2D eigenvalue weighted by atomic mass is 32.1. The predicted octanol–water partition coefficient (Wildman–Crippen LogP) is 1.36. The smallest absolute Gasteiger partial charge is 0.249 e. The van der Waals surface area contributed by atoms with Gasteiger partial charge in [0, 0.05) is 12.5 Å². The Hall–Kier alpha value is -0.680. The molecule has 1 atom stereocenters. The molecule has 0 spiro atoms. The summed E-state index contributed by atoms with van der Waals surface area (Å²) in [4.78, 5) is 2.34. The van der Waals surface area contributed by atoms with Crippen LogP contribution in [0.1, 0.15) is 24.5 Å². The quantitative estimate of drug-likeness (QED) is 0.743. The van der Waals surface area contributed by atoms with E-state index in [1.165, 1.54) is 31.1 Å². The van der Waals surface area contributed by atoms with Crippen LogP contribution in [0.4, 0.5) is 0 Å². The van der Waals surface area contributed by atoms with E-state index in [1.807, 2.05) is 0 Å². The molecule has 0 N–H and O–H groups in total. The van der Waals surface area contributed by atoms with E-state index in [9.17, 15) is 0 Å². The molecule has 14 heavy (non-hydrogen) atoms. The van der Waals surface area contributed by atoms with Gasteiger partial charge in [0.2, 0.25) is 5.88 Å². The largest absolute Gasteiger partial charge is 0.479 e. The highest BCUT2D eigenvalue weighted by Crippen LogP contribution is 2.30. The lowest BCUT2D eigenvalue weighted by Gasteiger charge is -2.28. The summed E-state index contributed by atoms with van der Waals surface area (Å²) in [5.74, 6) is 1.22. The van der Waals surface area contributed by atoms with Crippen molar-refractivity contribution in [1.29, 1.82) is 0 Å². The van der Waals surface area contributed by atoms with Gasteiger partial charge in [0.05, 0.1) is 18.8 Å². The van der Waals surface area contributed by atoms with Crippen LogP contribution in [0, 0.1) is 0 Å². The van der Waals surface area contributed by atoms with Crippen LogP contribution in [0.3, 0.4) is 0 Å². The lowest BCUT2D eigenvalue weighted by molar-refractivity contribution is 0.245. The highest BCUT2D eigenvalue weighted by Gasteiger charge is 2.24. The molecule has 0 aromatic carbocycles. The SMILES string of the molecule is COc1nsnc1C1CCCN(C)C1. The zero-order chi connectivity index (χ0) is 9.97. The van der Waals surface area contributed by atoms with E-state index >= 15 is 0 Å². The Morgan fingerprint density at radius 1 is 1.50 bits per heavy atom. The second-order valence-electron chi connectivity index (χ2n) is 3.76. The Morgan fingerprint density at radius 2 is 2.36 bits per heavy atom. The van der Waals surface area contributed by atoms with Crippen LogP contribution in [0.25, 0.3) is 0 Å². The molecule has 1 aliphatic rings. The number of piperidine rings is 1. The molecule has 4 nitrogen and oxygen atoms in total. The normalized spacial score (nSPS) is 23.7. The maximum absolute atomic E-state index is 5.19. The number of hydrogen-bond donors (Lipinski definition) is 0. The number of ether oxygens (including phenoxy) is 1. The second-order valence-corrected chi connectivity index (χ2v) is 4.29. The number of hydrogen-bond acceptors (Lipinski definition) is 5. The molecule has 2 heterocycles. The molecule has 1 fully saturated rings. The Morgan fingerprint density at radius 3 is 3.07 bits per heavy atom. The van der Waals surface area contributed by atoms with Crippen LogP contribution in [-0.2, 0) is 0 Å². The summed E-state index contributed by atoms with van der Waals surface area (Å²) < 4.78 is 13.6. The molecule has 78 valence electrons. The topological polar surface area (TPSA) is 38.3 Å². The number of aromatic nitrogens is 2. The van der Waals surface area contributed by atoms with Gasteiger partial charge in [-0.05, 0) is 26.4 Å². The van der Waals surface area contributed by atoms with E-state index in [2.05, 4.69) is 20.7 Å². The van der Waals surface area contributed by atoms with E-state index in [0.29, 0.717) is 5.92 Å². The summed E-state index contributed by atoms with van der Waals surface area (Å²) in [7, 11) is 3.81. The van der Waals surface area contributed by atoms with Gasteiger partial charge in [-0.3, -0.25) is 0 Å². The Balaban J connectivity index is 2.13. The molecule has 0 aliphatic carbocycles. The number of rotatable bonds is 2. The van der Waals surface area contributed by atoms with Gasteiger partial charge in [0.25, 0.3) is 0 Å². The fraction of sp³-hybridized carbons (Fsp3) is 0.778. The predicted molar refractivity (Wildman–Crippen MR) is 55.9 cm³/mol. The van der Waals surface area contributed by atoms with E-state index in [-0.39, 0.29) is 0 Å². The summed E-state index contributed by atoms with van der Waals surface area (Å²) in [5.41, 5.74) is 1.05. The molecule has 0 amide bonds. The van der Waals surface area contributed by atoms with Crippen LogP contribution in [0.2, 0.25) is 0 Å². The molecule has 1 unspecified atom stereocenters. The lowest BCUT2D eigenvalue weighted by atomic mass is 9.95.